The maximum absolute atomic E-state index is 12.1. The Morgan fingerprint density at radius 2 is 2.00 bits per heavy atom. The predicted octanol–water partition coefficient (Wildman–Crippen LogP) is 3.52. The van der Waals surface area contributed by atoms with Crippen LogP contribution in [0.5, 0.6) is 0 Å². The summed E-state index contributed by atoms with van der Waals surface area (Å²) in [5, 5.41) is 1.07. The van der Waals surface area contributed by atoms with E-state index in [1.165, 1.54) is 0 Å². The Hall–Kier alpha value is -2.95. The van der Waals surface area contributed by atoms with Crippen molar-refractivity contribution in [3.63, 3.8) is 0 Å². The van der Waals surface area contributed by atoms with Crippen molar-refractivity contribution in [2.75, 3.05) is 0 Å². The van der Waals surface area contributed by atoms with Crippen LogP contribution in [0.1, 0.15) is 19.9 Å². The Kier molecular flexibility index (Phi) is 3.01. The molecule has 4 rings (SSSR count). The van der Waals surface area contributed by atoms with Gasteiger partial charge in [0.15, 0.2) is 5.65 Å². The van der Waals surface area contributed by atoms with Crippen molar-refractivity contribution in [3.05, 3.63) is 59.3 Å². The quantitative estimate of drug-likeness (QED) is 0.616. The second-order valence-electron chi connectivity index (χ2n) is 5.86. The number of benzene rings is 1. The van der Waals surface area contributed by atoms with Crippen LogP contribution in [0.3, 0.4) is 0 Å². The maximum atomic E-state index is 12.1. The second kappa shape index (κ2) is 5.05. The molecule has 5 heteroatoms. The van der Waals surface area contributed by atoms with Crippen molar-refractivity contribution in [1.29, 1.82) is 0 Å². The summed E-state index contributed by atoms with van der Waals surface area (Å²) in [6, 6.07) is 12.1. The van der Waals surface area contributed by atoms with Gasteiger partial charge in [0.05, 0.1) is 11.0 Å². The standard InChI is InChI=1S/C18H16N4O/c1-11(2)22-16-9-12(10-20-17(16)21-18(22)23)13-5-3-7-15-14(13)6-4-8-19-15/h3-11H,1-2H3,(H,20,21,23). The molecule has 3 aromatic heterocycles. The van der Waals surface area contributed by atoms with Gasteiger partial charge in [0, 0.05) is 29.4 Å². The molecule has 0 saturated heterocycles. The Balaban J connectivity index is 2.02. The van der Waals surface area contributed by atoms with Crippen LogP contribution in [-0.4, -0.2) is 19.5 Å². The molecule has 0 saturated carbocycles. The molecular weight excluding hydrogens is 288 g/mol. The van der Waals surface area contributed by atoms with Gasteiger partial charge in [-0.05, 0) is 37.6 Å². The number of H-pyrrole nitrogens is 1. The van der Waals surface area contributed by atoms with E-state index < -0.39 is 0 Å². The molecule has 0 atom stereocenters. The number of fused-ring (bicyclic) bond motifs is 2. The molecule has 0 aliphatic rings. The van der Waals surface area contributed by atoms with Crippen molar-refractivity contribution < 1.29 is 0 Å². The van der Waals surface area contributed by atoms with Gasteiger partial charge in [0.1, 0.15) is 0 Å². The molecule has 3 heterocycles. The summed E-state index contributed by atoms with van der Waals surface area (Å²) in [4.78, 5) is 23.7. The highest BCUT2D eigenvalue weighted by Gasteiger charge is 2.12. The van der Waals surface area contributed by atoms with Crippen molar-refractivity contribution >= 4 is 22.1 Å². The predicted molar refractivity (Wildman–Crippen MR) is 91.5 cm³/mol. The molecule has 0 bridgehead atoms. The van der Waals surface area contributed by atoms with Crippen LogP contribution in [0.25, 0.3) is 33.2 Å². The Morgan fingerprint density at radius 3 is 2.83 bits per heavy atom. The summed E-state index contributed by atoms with van der Waals surface area (Å²) < 4.78 is 1.73. The van der Waals surface area contributed by atoms with Crippen LogP contribution in [0, 0.1) is 0 Å². The molecule has 114 valence electrons. The Bertz CT molecular complexity index is 1070. The summed E-state index contributed by atoms with van der Waals surface area (Å²) in [5.41, 5.74) is 4.30. The maximum Gasteiger partial charge on any atom is 0.327 e. The van der Waals surface area contributed by atoms with E-state index in [0.29, 0.717) is 5.65 Å². The third-order valence-corrected chi connectivity index (χ3v) is 4.04. The minimum absolute atomic E-state index is 0.0717. The van der Waals surface area contributed by atoms with Crippen molar-refractivity contribution in [3.8, 4) is 11.1 Å². The monoisotopic (exact) mass is 304 g/mol. The van der Waals surface area contributed by atoms with Crippen molar-refractivity contribution in [1.82, 2.24) is 19.5 Å². The number of nitrogens with one attached hydrogen (secondary N) is 1. The summed E-state index contributed by atoms with van der Waals surface area (Å²) in [5.74, 6) is 0. The van der Waals surface area contributed by atoms with Gasteiger partial charge in [-0.25, -0.2) is 9.78 Å². The fourth-order valence-corrected chi connectivity index (χ4v) is 3.02. The zero-order chi connectivity index (χ0) is 16.0. The number of hydrogen-bond donors (Lipinski definition) is 1. The minimum Gasteiger partial charge on any atom is -0.290 e. The molecule has 23 heavy (non-hydrogen) atoms. The normalized spacial score (nSPS) is 11.6. The lowest BCUT2D eigenvalue weighted by Crippen LogP contribution is -2.18. The van der Waals surface area contributed by atoms with Gasteiger partial charge in [0.2, 0.25) is 0 Å². The fraction of sp³-hybridized carbons (Fsp3) is 0.167. The van der Waals surface area contributed by atoms with Crippen molar-refractivity contribution in [2.45, 2.75) is 19.9 Å². The molecule has 0 radical (unpaired) electrons. The van der Waals surface area contributed by atoms with Gasteiger partial charge in [0.25, 0.3) is 0 Å². The van der Waals surface area contributed by atoms with Crippen LogP contribution in [0.4, 0.5) is 0 Å². The van der Waals surface area contributed by atoms with Crippen LogP contribution in [0.2, 0.25) is 0 Å². The average Bonchev–Trinajstić information content (AvgIpc) is 2.89. The van der Waals surface area contributed by atoms with E-state index in [1.54, 1.807) is 17.0 Å². The first-order valence-corrected chi connectivity index (χ1v) is 7.59. The van der Waals surface area contributed by atoms with Crippen LogP contribution < -0.4 is 5.69 Å². The molecule has 0 aliphatic carbocycles. The zero-order valence-electron chi connectivity index (χ0n) is 12.9. The van der Waals surface area contributed by atoms with E-state index in [-0.39, 0.29) is 11.7 Å². The first-order valence-electron chi connectivity index (χ1n) is 7.59. The third kappa shape index (κ3) is 2.12. The first-order chi connectivity index (χ1) is 11.1. The lowest BCUT2D eigenvalue weighted by atomic mass is 10.0. The zero-order valence-corrected chi connectivity index (χ0v) is 12.9. The lowest BCUT2D eigenvalue weighted by molar-refractivity contribution is 0.598. The number of imidazole rings is 1. The van der Waals surface area contributed by atoms with Crippen LogP contribution in [-0.2, 0) is 0 Å². The largest absolute Gasteiger partial charge is 0.327 e. The summed E-state index contributed by atoms with van der Waals surface area (Å²) >= 11 is 0. The molecule has 0 unspecified atom stereocenters. The van der Waals surface area contributed by atoms with E-state index in [1.807, 2.05) is 38.1 Å². The highest BCUT2D eigenvalue weighted by Crippen LogP contribution is 2.28. The first kappa shape index (κ1) is 13.7. The topological polar surface area (TPSA) is 63.6 Å². The number of aromatic amines is 1. The number of rotatable bonds is 2. The van der Waals surface area contributed by atoms with Gasteiger partial charge in [-0.3, -0.25) is 14.5 Å². The van der Waals surface area contributed by atoms with Gasteiger partial charge in [-0.15, -0.1) is 0 Å². The molecular formula is C18H16N4O. The Morgan fingerprint density at radius 1 is 1.13 bits per heavy atom. The minimum atomic E-state index is -0.126. The van der Waals surface area contributed by atoms with Gasteiger partial charge in [-0.2, -0.15) is 0 Å². The summed E-state index contributed by atoms with van der Waals surface area (Å²) in [6.45, 7) is 3.98. The average molecular weight is 304 g/mol. The molecule has 1 N–H and O–H groups in total. The number of aromatic nitrogens is 4. The van der Waals surface area contributed by atoms with E-state index in [2.05, 4.69) is 27.1 Å². The van der Waals surface area contributed by atoms with E-state index in [0.717, 1.165) is 27.5 Å². The molecule has 0 aliphatic heterocycles. The Labute approximate surface area is 132 Å². The molecule has 4 aromatic rings. The van der Waals surface area contributed by atoms with Gasteiger partial charge >= 0.3 is 5.69 Å². The molecule has 5 nitrogen and oxygen atoms in total. The third-order valence-electron chi connectivity index (χ3n) is 4.04. The highest BCUT2D eigenvalue weighted by molar-refractivity contribution is 5.95. The van der Waals surface area contributed by atoms with E-state index in [9.17, 15) is 4.79 Å². The molecule has 1 aromatic carbocycles. The van der Waals surface area contributed by atoms with Gasteiger partial charge < -0.3 is 0 Å². The summed E-state index contributed by atoms with van der Waals surface area (Å²) in [7, 11) is 0. The lowest BCUT2D eigenvalue weighted by Gasteiger charge is -2.09. The van der Waals surface area contributed by atoms with Gasteiger partial charge in [-0.1, -0.05) is 18.2 Å². The smallest absolute Gasteiger partial charge is 0.290 e. The number of pyridine rings is 2. The van der Waals surface area contributed by atoms with Crippen LogP contribution in [0.15, 0.2) is 53.6 Å². The number of hydrogen-bond acceptors (Lipinski definition) is 3. The fourth-order valence-electron chi connectivity index (χ4n) is 3.02. The van der Waals surface area contributed by atoms with Crippen molar-refractivity contribution in [2.24, 2.45) is 0 Å². The molecule has 0 amide bonds. The summed E-state index contributed by atoms with van der Waals surface area (Å²) in [6.07, 6.45) is 3.58. The SMILES string of the molecule is CC(C)n1c(=O)[nH]c2ncc(-c3cccc4ncccc34)cc21. The second-order valence-corrected chi connectivity index (χ2v) is 5.86. The number of nitrogens with zero attached hydrogens (tertiary/aromatic N) is 3. The molecule has 0 fully saturated rings. The highest BCUT2D eigenvalue weighted by atomic mass is 16.1. The van der Waals surface area contributed by atoms with E-state index >= 15 is 0 Å². The van der Waals surface area contributed by atoms with E-state index in [4.69, 9.17) is 0 Å². The van der Waals surface area contributed by atoms with Crippen LogP contribution >= 0.6 is 0 Å². The molecule has 0 spiro atoms.